The first-order chi connectivity index (χ1) is 14.6. The van der Waals surface area contributed by atoms with Crippen LogP contribution >= 0.6 is 0 Å². The minimum atomic E-state index is -2.90. The Morgan fingerprint density at radius 1 is 0.867 bits per heavy atom. The molecule has 0 aliphatic heterocycles. The van der Waals surface area contributed by atoms with Crippen molar-refractivity contribution in [3.8, 4) is 17.5 Å². The number of hydrogen-bond acceptors (Lipinski definition) is 2. The molecule has 0 saturated carbocycles. The van der Waals surface area contributed by atoms with Gasteiger partial charge in [-0.15, -0.1) is 0 Å². The van der Waals surface area contributed by atoms with E-state index in [2.05, 4.69) is 49.6 Å². The monoisotopic (exact) mass is 510 g/mol. The number of nitrogens with zero attached hydrogens (tertiary/aromatic N) is 2. The molecule has 0 aliphatic carbocycles. The van der Waals surface area contributed by atoms with Gasteiger partial charge >= 0.3 is 186 Å². The van der Waals surface area contributed by atoms with Crippen LogP contribution in [0.2, 0.25) is 13.3 Å². The fraction of sp³-hybridized carbons (Fsp3) is 0.423. The maximum absolute atomic E-state index is 10.3. The summed E-state index contributed by atoms with van der Waals surface area (Å²) in [5.41, 5.74) is 3.10. The van der Waals surface area contributed by atoms with Crippen molar-refractivity contribution in [3.05, 3.63) is 54.1 Å². The van der Waals surface area contributed by atoms with Crippen LogP contribution in [0.25, 0.3) is 16.6 Å². The van der Waals surface area contributed by atoms with Gasteiger partial charge in [-0.1, -0.05) is 0 Å². The van der Waals surface area contributed by atoms with E-state index in [1.165, 1.54) is 49.1 Å². The van der Waals surface area contributed by atoms with Crippen LogP contribution in [0.4, 0.5) is 0 Å². The van der Waals surface area contributed by atoms with E-state index in [1.807, 2.05) is 18.2 Å². The summed E-state index contributed by atoms with van der Waals surface area (Å²) in [6.07, 6.45) is 6.10. The second-order valence-corrected chi connectivity index (χ2v) is 21.4. The fourth-order valence-corrected chi connectivity index (χ4v) is 21.9. The van der Waals surface area contributed by atoms with Crippen molar-refractivity contribution < 1.29 is 5.11 Å². The second-order valence-electron chi connectivity index (χ2n) is 8.44. The molecule has 1 N–H and O–H groups in total. The predicted molar refractivity (Wildman–Crippen MR) is 130 cm³/mol. The Morgan fingerprint density at radius 3 is 2.07 bits per heavy atom. The number of fused-ring (bicyclic) bond motifs is 1. The maximum atomic E-state index is 10.3. The minimum absolute atomic E-state index is 0.276. The predicted octanol–water partition coefficient (Wildman–Crippen LogP) is 6.87. The van der Waals surface area contributed by atoms with Crippen molar-refractivity contribution in [2.45, 2.75) is 66.2 Å². The van der Waals surface area contributed by atoms with Crippen molar-refractivity contribution >= 4 is 33.0 Å². The van der Waals surface area contributed by atoms with Crippen LogP contribution in [-0.2, 0) is 0 Å². The van der Waals surface area contributed by atoms with E-state index in [1.54, 1.807) is 12.1 Å². The van der Waals surface area contributed by atoms with Gasteiger partial charge in [-0.25, -0.2) is 0 Å². The van der Waals surface area contributed by atoms with Gasteiger partial charge in [0.1, 0.15) is 0 Å². The number of aromatic nitrogens is 1. The van der Waals surface area contributed by atoms with Crippen LogP contribution in [0, 0.1) is 11.3 Å². The Morgan fingerprint density at radius 2 is 1.50 bits per heavy atom. The molecular weight excluding hydrogens is 475 g/mol. The molecule has 0 atom stereocenters. The molecule has 0 radical (unpaired) electrons. The van der Waals surface area contributed by atoms with Gasteiger partial charge in [-0.3, -0.25) is 0 Å². The van der Waals surface area contributed by atoms with Crippen LogP contribution < -0.4 is 3.71 Å². The number of nitriles is 1. The number of rotatable bonds is 10. The molecule has 30 heavy (non-hydrogen) atoms. The SMILES string of the molecule is CCC[CH2][Sn]([CH2]CC)([CH2]CCC)[c]1c(C#N)c2ccccc2n1-c1ccc(O)cc1. The summed E-state index contributed by atoms with van der Waals surface area (Å²) < 4.78 is 7.68. The van der Waals surface area contributed by atoms with Gasteiger partial charge in [0.15, 0.2) is 0 Å². The summed E-state index contributed by atoms with van der Waals surface area (Å²) in [7, 11) is 0. The van der Waals surface area contributed by atoms with Crippen LogP contribution in [0.15, 0.2) is 48.5 Å². The third-order valence-electron chi connectivity index (χ3n) is 6.34. The Labute approximate surface area is 185 Å². The first-order valence-electron chi connectivity index (χ1n) is 11.4. The van der Waals surface area contributed by atoms with Gasteiger partial charge in [-0.2, -0.15) is 0 Å². The van der Waals surface area contributed by atoms with E-state index >= 15 is 0 Å². The van der Waals surface area contributed by atoms with Gasteiger partial charge in [0.2, 0.25) is 0 Å². The van der Waals surface area contributed by atoms with E-state index < -0.39 is 18.4 Å². The third-order valence-corrected chi connectivity index (χ3v) is 22.2. The van der Waals surface area contributed by atoms with Crippen molar-refractivity contribution in [2.75, 3.05) is 0 Å². The normalized spacial score (nSPS) is 11.7. The zero-order chi connectivity index (χ0) is 21.6. The second kappa shape index (κ2) is 10.4. The number of phenolic OH excluding ortho intramolecular Hbond substituents is 1. The molecule has 0 aliphatic rings. The number of phenols is 1. The Bertz CT molecular complexity index is 1010. The fourth-order valence-electron chi connectivity index (χ4n) is 4.96. The summed E-state index contributed by atoms with van der Waals surface area (Å²) in [5.74, 6) is 0.276. The summed E-state index contributed by atoms with van der Waals surface area (Å²) >= 11 is -2.90. The van der Waals surface area contributed by atoms with Gasteiger partial charge in [-0.05, 0) is 0 Å². The molecule has 0 fully saturated rings. The van der Waals surface area contributed by atoms with Crippen molar-refractivity contribution in [2.24, 2.45) is 0 Å². The molecule has 0 bridgehead atoms. The third kappa shape index (κ3) is 4.39. The molecule has 3 nitrogen and oxygen atoms in total. The number of para-hydroxylation sites is 1. The van der Waals surface area contributed by atoms with Crippen molar-refractivity contribution in [1.29, 1.82) is 5.26 Å². The molecule has 158 valence electrons. The van der Waals surface area contributed by atoms with E-state index in [9.17, 15) is 10.4 Å². The van der Waals surface area contributed by atoms with E-state index in [-0.39, 0.29) is 5.75 Å². The molecule has 0 saturated heterocycles. The average molecular weight is 509 g/mol. The first-order valence-corrected chi connectivity index (χ1v) is 18.9. The summed E-state index contributed by atoms with van der Waals surface area (Å²) in [6.45, 7) is 6.87. The molecular formula is C26H34N2OSn. The average Bonchev–Trinajstić information content (AvgIpc) is 3.11. The quantitative estimate of drug-likeness (QED) is 0.303. The summed E-state index contributed by atoms with van der Waals surface area (Å²) in [6, 6.07) is 18.5. The molecule has 1 aromatic heterocycles. The molecule has 3 rings (SSSR count). The number of unbranched alkanes of at least 4 members (excludes halogenated alkanes) is 2. The number of hydrogen-bond donors (Lipinski definition) is 1. The van der Waals surface area contributed by atoms with Crippen LogP contribution in [-0.4, -0.2) is 28.1 Å². The zero-order valence-electron chi connectivity index (χ0n) is 18.6. The van der Waals surface area contributed by atoms with E-state index in [0.29, 0.717) is 0 Å². The van der Waals surface area contributed by atoms with E-state index in [4.69, 9.17) is 0 Å². The first kappa shape index (κ1) is 22.7. The molecule has 4 heteroatoms. The van der Waals surface area contributed by atoms with Crippen molar-refractivity contribution in [3.63, 3.8) is 0 Å². The van der Waals surface area contributed by atoms with Crippen LogP contribution in [0.5, 0.6) is 5.75 Å². The molecule has 0 spiro atoms. The van der Waals surface area contributed by atoms with Gasteiger partial charge in [0.05, 0.1) is 0 Å². The van der Waals surface area contributed by atoms with Crippen LogP contribution in [0.1, 0.15) is 58.4 Å². The Balaban J connectivity index is 2.39. The summed E-state index contributed by atoms with van der Waals surface area (Å²) in [5, 5.41) is 21.3. The molecule has 2 aromatic carbocycles. The standard InChI is InChI=1S/C15H9N2O.2C4H9.C3H7.Sn/c16-9-11-10-17(12-5-7-13(18)8-6-12)15-4-2-1-3-14(11)15;2*1-3-4-2;1-3-2;/h1-8,18H;2*1,3-4H2,2H3;1,3H2,2H3;. The van der Waals surface area contributed by atoms with Gasteiger partial charge < -0.3 is 0 Å². The molecule has 0 amide bonds. The number of aromatic hydroxyl groups is 1. The van der Waals surface area contributed by atoms with Crippen LogP contribution in [0.3, 0.4) is 0 Å². The molecule has 0 unspecified atom stereocenters. The number of benzene rings is 2. The molecule has 3 aromatic rings. The topological polar surface area (TPSA) is 49.0 Å². The molecule has 1 heterocycles. The zero-order valence-corrected chi connectivity index (χ0v) is 21.5. The van der Waals surface area contributed by atoms with Crippen molar-refractivity contribution in [1.82, 2.24) is 4.57 Å². The Kier molecular flexibility index (Phi) is 7.88. The van der Waals surface area contributed by atoms with E-state index in [0.717, 1.165) is 22.2 Å². The van der Waals surface area contributed by atoms with Gasteiger partial charge in [0, 0.05) is 0 Å². The Hall–Kier alpha value is -1.93. The summed E-state index contributed by atoms with van der Waals surface area (Å²) in [4.78, 5) is 0. The van der Waals surface area contributed by atoms with Gasteiger partial charge in [0.25, 0.3) is 0 Å².